The van der Waals surface area contributed by atoms with Crippen LogP contribution in [0.2, 0.25) is 0 Å². The van der Waals surface area contributed by atoms with Gasteiger partial charge in [-0.05, 0) is 68.6 Å². The topological polar surface area (TPSA) is 55.1 Å². The van der Waals surface area contributed by atoms with E-state index in [2.05, 4.69) is 33.0 Å². The fourth-order valence-electron chi connectivity index (χ4n) is 5.81. The highest BCUT2D eigenvalue weighted by atomic mass is 16.2. The second kappa shape index (κ2) is 4.71. The van der Waals surface area contributed by atoms with Crippen molar-refractivity contribution in [1.82, 2.24) is 5.32 Å². The molecule has 4 fully saturated rings. The number of hydrogen-bond acceptors (Lipinski definition) is 2. The molecule has 0 radical (unpaired) electrons. The van der Waals surface area contributed by atoms with E-state index in [4.69, 9.17) is 5.73 Å². The van der Waals surface area contributed by atoms with Gasteiger partial charge in [0.2, 0.25) is 5.91 Å². The molecule has 4 bridgehead atoms. The molecule has 1 amide bonds. The van der Waals surface area contributed by atoms with Crippen molar-refractivity contribution < 1.29 is 4.79 Å². The molecule has 4 saturated carbocycles. The molecule has 4 aliphatic rings. The molecular weight excluding hydrogens is 260 g/mol. The van der Waals surface area contributed by atoms with E-state index in [0.717, 1.165) is 31.1 Å². The molecule has 21 heavy (non-hydrogen) atoms. The summed E-state index contributed by atoms with van der Waals surface area (Å²) in [4.78, 5) is 13.2. The average molecular weight is 292 g/mol. The number of carbonyl (C=O) groups excluding carboxylic acids is 1. The minimum absolute atomic E-state index is 0.0931. The third-order valence-electron chi connectivity index (χ3n) is 6.93. The highest BCUT2D eigenvalue weighted by Crippen LogP contribution is 2.65. The van der Waals surface area contributed by atoms with E-state index in [-0.39, 0.29) is 11.0 Å². The maximum absolute atomic E-state index is 13.2. The molecule has 3 heteroatoms. The zero-order valence-corrected chi connectivity index (χ0v) is 14.2. The van der Waals surface area contributed by atoms with Crippen molar-refractivity contribution in [3.8, 4) is 0 Å². The Morgan fingerprint density at radius 2 is 1.86 bits per heavy atom. The van der Waals surface area contributed by atoms with Gasteiger partial charge in [-0.3, -0.25) is 4.79 Å². The van der Waals surface area contributed by atoms with Gasteiger partial charge >= 0.3 is 0 Å². The van der Waals surface area contributed by atoms with Crippen LogP contribution in [-0.2, 0) is 4.79 Å². The van der Waals surface area contributed by atoms with Crippen LogP contribution >= 0.6 is 0 Å². The van der Waals surface area contributed by atoms with Gasteiger partial charge in [0.15, 0.2) is 0 Å². The third-order valence-corrected chi connectivity index (χ3v) is 6.93. The smallest absolute Gasteiger partial charge is 0.226 e. The number of carbonyl (C=O) groups is 1. The summed E-state index contributed by atoms with van der Waals surface area (Å²) < 4.78 is 0. The number of nitrogens with one attached hydrogen (secondary N) is 1. The number of rotatable bonds is 4. The molecule has 4 rings (SSSR count). The highest BCUT2D eigenvalue weighted by molar-refractivity contribution is 5.84. The molecule has 0 heterocycles. The second-order valence-electron chi connectivity index (χ2n) is 9.28. The van der Waals surface area contributed by atoms with E-state index >= 15 is 0 Å². The Bertz CT molecular complexity index is 430. The molecular formula is C18H32N2O. The van der Waals surface area contributed by atoms with E-state index in [1.54, 1.807) is 0 Å². The lowest BCUT2D eigenvalue weighted by atomic mass is 9.44. The molecule has 0 aromatic rings. The molecule has 0 aromatic heterocycles. The predicted octanol–water partition coefficient (Wildman–Crippen LogP) is 3.08. The van der Waals surface area contributed by atoms with Crippen molar-refractivity contribution in [1.29, 1.82) is 0 Å². The van der Waals surface area contributed by atoms with Crippen molar-refractivity contribution in [3.05, 3.63) is 0 Å². The van der Waals surface area contributed by atoms with Gasteiger partial charge in [0, 0.05) is 6.54 Å². The first-order valence-electron chi connectivity index (χ1n) is 8.73. The van der Waals surface area contributed by atoms with Crippen LogP contribution in [0, 0.1) is 28.6 Å². The van der Waals surface area contributed by atoms with E-state index in [0.29, 0.717) is 23.8 Å². The van der Waals surface area contributed by atoms with Crippen LogP contribution in [0.5, 0.6) is 0 Å². The predicted molar refractivity (Wildman–Crippen MR) is 85.7 cm³/mol. The van der Waals surface area contributed by atoms with Crippen LogP contribution in [-0.4, -0.2) is 18.0 Å². The Morgan fingerprint density at radius 3 is 2.29 bits per heavy atom. The van der Waals surface area contributed by atoms with Gasteiger partial charge in [0.25, 0.3) is 0 Å². The van der Waals surface area contributed by atoms with Crippen molar-refractivity contribution in [2.45, 2.75) is 71.8 Å². The Balaban J connectivity index is 1.81. The molecule has 4 aliphatic carbocycles. The summed E-state index contributed by atoms with van der Waals surface area (Å²) in [6.07, 6.45) is 7.38. The van der Waals surface area contributed by atoms with Gasteiger partial charge in [0.1, 0.15) is 0 Å². The van der Waals surface area contributed by atoms with Gasteiger partial charge in [0.05, 0.1) is 11.0 Å². The maximum atomic E-state index is 13.2. The summed E-state index contributed by atoms with van der Waals surface area (Å²) in [5.74, 6) is 2.22. The quantitative estimate of drug-likeness (QED) is 0.836. The number of hydrogen-bond donors (Lipinski definition) is 2. The summed E-state index contributed by atoms with van der Waals surface area (Å²) in [7, 11) is 0. The maximum Gasteiger partial charge on any atom is 0.226 e. The molecule has 3 unspecified atom stereocenters. The Kier molecular flexibility index (Phi) is 3.44. The molecule has 3 atom stereocenters. The van der Waals surface area contributed by atoms with Gasteiger partial charge in [-0.1, -0.05) is 20.8 Å². The lowest BCUT2D eigenvalue weighted by Gasteiger charge is -2.60. The fourth-order valence-corrected chi connectivity index (χ4v) is 5.81. The molecule has 120 valence electrons. The van der Waals surface area contributed by atoms with E-state index in [1.165, 1.54) is 19.3 Å². The normalized spacial score (nSPS) is 43.9. The van der Waals surface area contributed by atoms with Gasteiger partial charge < -0.3 is 11.1 Å². The molecule has 3 nitrogen and oxygen atoms in total. The van der Waals surface area contributed by atoms with Crippen molar-refractivity contribution >= 4 is 5.91 Å². The van der Waals surface area contributed by atoms with Crippen LogP contribution in [0.4, 0.5) is 0 Å². The van der Waals surface area contributed by atoms with Crippen molar-refractivity contribution in [2.24, 2.45) is 34.3 Å². The largest absolute Gasteiger partial charge is 0.349 e. The Hall–Kier alpha value is -0.570. The Labute approximate surface area is 129 Å². The van der Waals surface area contributed by atoms with Crippen LogP contribution < -0.4 is 11.1 Å². The van der Waals surface area contributed by atoms with Crippen molar-refractivity contribution in [2.75, 3.05) is 6.54 Å². The van der Waals surface area contributed by atoms with E-state index < -0.39 is 0 Å². The molecule has 0 saturated heterocycles. The Morgan fingerprint density at radius 1 is 1.29 bits per heavy atom. The van der Waals surface area contributed by atoms with E-state index in [1.807, 2.05) is 0 Å². The standard InChI is InChI=1S/C18H32N2O/c1-12(2)17(4,11-19)20-15(21)18-8-13-5-14(9-18)7-16(3,6-13)10-18/h12-14H,5-11,19H2,1-4H3,(H,20,21). The minimum Gasteiger partial charge on any atom is -0.349 e. The zero-order chi connectivity index (χ0) is 15.5. The molecule has 0 aliphatic heterocycles. The first-order valence-corrected chi connectivity index (χ1v) is 8.73. The van der Waals surface area contributed by atoms with Crippen LogP contribution in [0.25, 0.3) is 0 Å². The molecule has 0 spiro atoms. The first kappa shape index (κ1) is 15.3. The average Bonchev–Trinajstić information content (AvgIpc) is 2.35. The SMILES string of the molecule is CC(C)C(C)(CN)NC(=O)C12CC3CC(CC(C)(C3)C1)C2. The molecule has 3 N–H and O–H groups in total. The van der Waals surface area contributed by atoms with E-state index in [9.17, 15) is 4.79 Å². The van der Waals surface area contributed by atoms with Crippen LogP contribution in [0.1, 0.15) is 66.2 Å². The monoisotopic (exact) mass is 292 g/mol. The number of amides is 1. The fraction of sp³-hybridized carbons (Fsp3) is 0.944. The van der Waals surface area contributed by atoms with Gasteiger partial charge in [-0.2, -0.15) is 0 Å². The first-order chi connectivity index (χ1) is 9.70. The van der Waals surface area contributed by atoms with Crippen LogP contribution in [0.15, 0.2) is 0 Å². The second-order valence-corrected chi connectivity index (χ2v) is 9.28. The van der Waals surface area contributed by atoms with Gasteiger partial charge in [-0.25, -0.2) is 0 Å². The summed E-state index contributed by atoms with van der Waals surface area (Å²) >= 11 is 0. The number of nitrogens with two attached hydrogens (primary N) is 1. The van der Waals surface area contributed by atoms with Crippen LogP contribution in [0.3, 0.4) is 0 Å². The highest BCUT2D eigenvalue weighted by Gasteiger charge is 2.59. The lowest BCUT2D eigenvalue weighted by molar-refractivity contribution is -0.157. The third kappa shape index (κ3) is 2.42. The van der Waals surface area contributed by atoms with Gasteiger partial charge in [-0.15, -0.1) is 0 Å². The summed E-state index contributed by atoms with van der Waals surface area (Å²) in [6.45, 7) is 9.31. The van der Waals surface area contributed by atoms with Crippen molar-refractivity contribution in [3.63, 3.8) is 0 Å². The lowest BCUT2D eigenvalue weighted by Crippen LogP contribution is -2.62. The summed E-state index contributed by atoms with van der Waals surface area (Å²) in [5, 5.41) is 3.35. The molecule has 0 aromatic carbocycles. The minimum atomic E-state index is -0.276. The summed E-state index contributed by atoms with van der Waals surface area (Å²) in [6, 6.07) is 0. The summed E-state index contributed by atoms with van der Waals surface area (Å²) in [5.41, 5.74) is 6.00. The zero-order valence-electron chi connectivity index (χ0n) is 14.2.